The summed E-state index contributed by atoms with van der Waals surface area (Å²) < 4.78 is 0. The minimum absolute atomic E-state index is 0.0666. The Kier molecular flexibility index (Phi) is 3.39. The van der Waals surface area contributed by atoms with Crippen LogP contribution in [0, 0.1) is 20.8 Å². The van der Waals surface area contributed by atoms with E-state index in [4.69, 9.17) is 11.6 Å². The monoisotopic (exact) mass is 263 g/mol. The molecule has 0 radical (unpaired) electrons. The molecule has 0 aliphatic rings. The summed E-state index contributed by atoms with van der Waals surface area (Å²) in [7, 11) is 0. The smallest absolute Gasteiger partial charge is 0.271 e. The van der Waals surface area contributed by atoms with Gasteiger partial charge in [0.15, 0.2) is 5.82 Å². The van der Waals surface area contributed by atoms with Crippen LogP contribution in [0.4, 0.5) is 11.5 Å². The number of halogens is 1. The number of aromatic amines is 1. The molecule has 0 fully saturated rings. The number of hydrogen-bond donors (Lipinski definition) is 2. The summed E-state index contributed by atoms with van der Waals surface area (Å²) >= 11 is 5.91. The third-order valence-electron chi connectivity index (χ3n) is 2.72. The zero-order valence-electron chi connectivity index (χ0n) is 10.5. The number of anilines is 2. The molecule has 2 rings (SSSR count). The van der Waals surface area contributed by atoms with E-state index in [9.17, 15) is 4.79 Å². The predicted octanol–water partition coefficient (Wildman–Crippen LogP) is 3.09. The van der Waals surface area contributed by atoms with Crippen LogP contribution in [0.1, 0.15) is 16.7 Å². The first-order valence-electron chi connectivity index (χ1n) is 5.57. The number of aromatic nitrogens is 2. The number of nitrogens with one attached hydrogen (secondary N) is 2. The van der Waals surface area contributed by atoms with Crippen molar-refractivity contribution in [3.8, 4) is 0 Å². The van der Waals surface area contributed by atoms with Gasteiger partial charge in [0.05, 0.1) is 6.33 Å². The van der Waals surface area contributed by atoms with Crippen LogP contribution < -0.4 is 10.9 Å². The minimum atomic E-state index is -0.350. The average Bonchev–Trinajstić information content (AvgIpc) is 2.28. The molecule has 0 saturated carbocycles. The fourth-order valence-electron chi connectivity index (χ4n) is 1.97. The number of aryl methyl sites for hydroxylation is 3. The SMILES string of the molecule is Cc1cc(C)c(Nc2nc[nH]c(=O)c2Cl)c(C)c1. The first-order valence-corrected chi connectivity index (χ1v) is 5.95. The Morgan fingerprint density at radius 1 is 1.22 bits per heavy atom. The Morgan fingerprint density at radius 2 is 1.83 bits per heavy atom. The molecular formula is C13H14ClN3O. The molecule has 0 amide bonds. The molecule has 2 aromatic rings. The van der Waals surface area contributed by atoms with Gasteiger partial charge in [-0.05, 0) is 31.9 Å². The quantitative estimate of drug-likeness (QED) is 0.875. The molecule has 18 heavy (non-hydrogen) atoms. The van der Waals surface area contributed by atoms with Gasteiger partial charge in [-0.2, -0.15) is 0 Å². The Bertz CT molecular complexity index is 626. The summed E-state index contributed by atoms with van der Waals surface area (Å²) in [5.74, 6) is 0.371. The molecule has 0 spiro atoms. The van der Waals surface area contributed by atoms with Gasteiger partial charge in [0, 0.05) is 5.69 Å². The highest BCUT2D eigenvalue weighted by molar-refractivity contribution is 6.32. The maximum atomic E-state index is 11.4. The first-order chi connectivity index (χ1) is 8.49. The zero-order valence-corrected chi connectivity index (χ0v) is 11.2. The summed E-state index contributed by atoms with van der Waals surface area (Å²) in [4.78, 5) is 17.9. The highest BCUT2D eigenvalue weighted by Crippen LogP contribution is 2.26. The number of benzene rings is 1. The molecule has 0 saturated heterocycles. The first kappa shape index (κ1) is 12.6. The van der Waals surface area contributed by atoms with Crippen LogP contribution in [0.15, 0.2) is 23.3 Å². The van der Waals surface area contributed by atoms with Crippen molar-refractivity contribution in [3.05, 3.63) is 50.5 Å². The van der Waals surface area contributed by atoms with Crippen molar-refractivity contribution in [1.82, 2.24) is 9.97 Å². The highest BCUT2D eigenvalue weighted by atomic mass is 35.5. The summed E-state index contributed by atoms with van der Waals surface area (Å²) in [6, 6.07) is 4.13. The van der Waals surface area contributed by atoms with Gasteiger partial charge >= 0.3 is 0 Å². The van der Waals surface area contributed by atoms with Crippen LogP contribution in [0.5, 0.6) is 0 Å². The number of nitrogens with zero attached hydrogens (tertiary/aromatic N) is 1. The Morgan fingerprint density at radius 3 is 2.44 bits per heavy atom. The van der Waals surface area contributed by atoms with Crippen LogP contribution >= 0.6 is 11.6 Å². The van der Waals surface area contributed by atoms with E-state index in [1.807, 2.05) is 20.8 Å². The molecule has 0 bridgehead atoms. The highest BCUT2D eigenvalue weighted by Gasteiger charge is 2.09. The maximum absolute atomic E-state index is 11.4. The van der Waals surface area contributed by atoms with Crippen molar-refractivity contribution in [1.29, 1.82) is 0 Å². The Balaban J connectivity index is 2.47. The average molecular weight is 264 g/mol. The van der Waals surface area contributed by atoms with Gasteiger partial charge < -0.3 is 10.3 Å². The lowest BCUT2D eigenvalue weighted by atomic mass is 10.1. The van der Waals surface area contributed by atoms with Crippen molar-refractivity contribution >= 4 is 23.1 Å². The second-order valence-electron chi connectivity index (χ2n) is 4.29. The van der Waals surface area contributed by atoms with Gasteiger partial charge in [0.25, 0.3) is 5.56 Å². The van der Waals surface area contributed by atoms with E-state index in [1.54, 1.807) is 0 Å². The number of rotatable bonds is 2. The van der Waals surface area contributed by atoms with Gasteiger partial charge in [-0.25, -0.2) is 4.98 Å². The normalized spacial score (nSPS) is 10.4. The standard InChI is InChI=1S/C13H14ClN3O/c1-7-4-8(2)11(9(3)5-7)17-12-10(14)13(18)16-6-15-12/h4-6H,1-3H3,(H2,15,16,17,18). The lowest BCUT2D eigenvalue weighted by Crippen LogP contribution is -2.10. The van der Waals surface area contributed by atoms with Gasteiger partial charge in [-0.1, -0.05) is 29.3 Å². The fourth-order valence-corrected chi connectivity index (χ4v) is 2.12. The van der Waals surface area contributed by atoms with E-state index in [0.29, 0.717) is 5.82 Å². The molecule has 94 valence electrons. The molecule has 1 aromatic heterocycles. The third kappa shape index (κ3) is 2.38. The van der Waals surface area contributed by atoms with Gasteiger partial charge in [0.2, 0.25) is 0 Å². The predicted molar refractivity (Wildman–Crippen MR) is 73.8 cm³/mol. The Labute approximate surface area is 110 Å². The lowest BCUT2D eigenvalue weighted by Gasteiger charge is -2.13. The van der Waals surface area contributed by atoms with Gasteiger partial charge in [0.1, 0.15) is 5.02 Å². The molecule has 0 atom stereocenters. The zero-order chi connectivity index (χ0) is 13.3. The second kappa shape index (κ2) is 4.82. The van der Waals surface area contributed by atoms with Crippen molar-refractivity contribution in [2.75, 3.05) is 5.32 Å². The van der Waals surface area contributed by atoms with Crippen molar-refractivity contribution in [2.24, 2.45) is 0 Å². The van der Waals surface area contributed by atoms with Crippen LogP contribution in [-0.2, 0) is 0 Å². The Hall–Kier alpha value is -1.81. The summed E-state index contributed by atoms with van der Waals surface area (Å²) in [6.45, 7) is 6.05. The van der Waals surface area contributed by atoms with Crippen LogP contribution in [-0.4, -0.2) is 9.97 Å². The summed E-state index contributed by atoms with van der Waals surface area (Å²) in [5, 5.41) is 3.18. The second-order valence-corrected chi connectivity index (χ2v) is 4.67. The van der Waals surface area contributed by atoms with Gasteiger partial charge in [-0.3, -0.25) is 4.79 Å². The van der Waals surface area contributed by atoms with Crippen LogP contribution in [0.2, 0.25) is 5.02 Å². The molecule has 4 nitrogen and oxygen atoms in total. The van der Waals surface area contributed by atoms with E-state index < -0.39 is 0 Å². The minimum Gasteiger partial charge on any atom is -0.338 e. The van der Waals surface area contributed by atoms with Crippen molar-refractivity contribution < 1.29 is 0 Å². The number of hydrogen-bond acceptors (Lipinski definition) is 3. The molecule has 1 heterocycles. The molecule has 5 heteroatoms. The molecule has 0 unspecified atom stereocenters. The summed E-state index contributed by atoms with van der Waals surface area (Å²) in [5.41, 5.74) is 3.95. The largest absolute Gasteiger partial charge is 0.338 e. The summed E-state index contributed by atoms with van der Waals surface area (Å²) in [6.07, 6.45) is 1.33. The molecule has 0 aliphatic carbocycles. The molecule has 0 aliphatic heterocycles. The lowest BCUT2D eigenvalue weighted by molar-refractivity contribution is 1.12. The molecule has 2 N–H and O–H groups in total. The van der Waals surface area contributed by atoms with Crippen LogP contribution in [0.3, 0.4) is 0 Å². The third-order valence-corrected chi connectivity index (χ3v) is 3.07. The topological polar surface area (TPSA) is 57.8 Å². The molecular weight excluding hydrogens is 250 g/mol. The number of H-pyrrole nitrogens is 1. The van der Waals surface area contributed by atoms with E-state index >= 15 is 0 Å². The van der Waals surface area contributed by atoms with Crippen molar-refractivity contribution in [2.45, 2.75) is 20.8 Å². The van der Waals surface area contributed by atoms with E-state index in [0.717, 1.165) is 16.8 Å². The van der Waals surface area contributed by atoms with E-state index in [2.05, 4.69) is 27.4 Å². The maximum Gasteiger partial charge on any atom is 0.271 e. The fraction of sp³-hybridized carbons (Fsp3) is 0.231. The molecule has 1 aromatic carbocycles. The van der Waals surface area contributed by atoms with Crippen molar-refractivity contribution in [3.63, 3.8) is 0 Å². The van der Waals surface area contributed by atoms with Gasteiger partial charge in [-0.15, -0.1) is 0 Å². The van der Waals surface area contributed by atoms with Crippen LogP contribution in [0.25, 0.3) is 0 Å². The van der Waals surface area contributed by atoms with E-state index in [-0.39, 0.29) is 10.6 Å². The van der Waals surface area contributed by atoms with E-state index in [1.165, 1.54) is 11.9 Å².